The van der Waals surface area contributed by atoms with E-state index in [2.05, 4.69) is 39.9 Å². The number of nitrogen functional groups attached to an aromatic ring is 1. The predicted octanol–water partition coefficient (Wildman–Crippen LogP) is 3.41. The van der Waals surface area contributed by atoms with Gasteiger partial charge in [0.2, 0.25) is 0 Å². The fourth-order valence-electron chi connectivity index (χ4n) is 2.49. The zero-order valence-corrected chi connectivity index (χ0v) is 11.3. The monoisotopic (exact) mass is 282 g/mol. The average molecular weight is 283 g/mol. The Kier molecular flexibility index (Phi) is 3.87. The van der Waals surface area contributed by atoms with Gasteiger partial charge in [0.05, 0.1) is 0 Å². The summed E-state index contributed by atoms with van der Waals surface area (Å²) in [5.41, 5.74) is 8.18. The van der Waals surface area contributed by atoms with Gasteiger partial charge in [0.1, 0.15) is 0 Å². The van der Waals surface area contributed by atoms with Crippen LogP contribution < -0.4 is 5.73 Å². The molecule has 0 spiro atoms. The van der Waals surface area contributed by atoms with Crippen LogP contribution in [-0.4, -0.2) is 17.5 Å². The second kappa shape index (κ2) is 5.19. The van der Waals surface area contributed by atoms with E-state index in [1.807, 2.05) is 6.07 Å². The quantitative estimate of drug-likeness (QED) is 0.861. The Morgan fingerprint density at radius 2 is 2.31 bits per heavy atom. The molecular weight excluding hydrogens is 264 g/mol. The first kappa shape index (κ1) is 11.9. The Hall–Kier alpha value is -0.540. The Labute approximate surface area is 106 Å². The van der Waals surface area contributed by atoms with Gasteiger partial charge in [-0.05, 0) is 43.5 Å². The first-order chi connectivity index (χ1) is 7.70. The standard InChI is InChI=1S/C13H19BrN2/c1-2-12-4-3-7-16(12)9-10-5-6-11(14)8-13(10)15/h5-6,8,12H,2-4,7,9,15H2,1H3. The molecule has 3 heteroatoms. The minimum Gasteiger partial charge on any atom is -0.398 e. The number of benzene rings is 1. The second-order valence-electron chi connectivity index (χ2n) is 4.52. The van der Waals surface area contributed by atoms with E-state index in [1.54, 1.807) is 0 Å². The molecule has 1 saturated heterocycles. The Bertz CT molecular complexity index is 365. The highest BCUT2D eigenvalue weighted by Crippen LogP contribution is 2.25. The number of hydrogen-bond acceptors (Lipinski definition) is 2. The van der Waals surface area contributed by atoms with E-state index >= 15 is 0 Å². The number of anilines is 1. The lowest BCUT2D eigenvalue weighted by molar-refractivity contribution is 0.240. The Morgan fingerprint density at radius 3 is 3.00 bits per heavy atom. The molecule has 1 aliphatic rings. The van der Waals surface area contributed by atoms with Crippen LogP contribution in [0, 0.1) is 0 Å². The van der Waals surface area contributed by atoms with E-state index in [4.69, 9.17) is 5.73 Å². The van der Waals surface area contributed by atoms with E-state index < -0.39 is 0 Å². The third kappa shape index (κ3) is 2.58. The molecule has 1 aromatic carbocycles. The fraction of sp³-hybridized carbons (Fsp3) is 0.538. The molecule has 1 heterocycles. The number of nitrogens with zero attached hydrogens (tertiary/aromatic N) is 1. The van der Waals surface area contributed by atoms with Gasteiger partial charge in [-0.3, -0.25) is 4.90 Å². The molecule has 1 aromatic rings. The fourth-order valence-corrected chi connectivity index (χ4v) is 2.87. The lowest BCUT2D eigenvalue weighted by Gasteiger charge is -2.24. The van der Waals surface area contributed by atoms with Gasteiger partial charge in [0, 0.05) is 22.7 Å². The van der Waals surface area contributed by atoms with Gasteiger partial charge in [0.15, 0.2) is 0 Å². The summed E-state index contributed by atoms with van der Waals surface area (Å²) >= 11 is 3.44. The van der Waals surface area contributed by atoms with Crippen LogP contribution in [0.1, 0.15) is 31.7 Å². The molecule has 0 amide bonds. The van der Waals surface area contributed by atoms with Gasteiger partial charge in [-0.2, -0.15) is 0 Å². The van der Waals surface area contributed by atoms with Gasteiger partial charge in [-0.15, -0.1) is 0 Å². The molecular formula is C13H19BrN2. The van der Waals surface area contributed by atoms with Crippen LogP contribution >= 0.6 is 15.9 Å². The molecule has 1 atom stereocenters. The summed E-state index contributed by atoms with van der Waals surface area (Å²) in [6.45, 7) is 4.49. The molecule has 0 saturated carbocycles. The zero-order chi connectivity index (χ0) is 11.5. The summed E-state index contributed by atoms with van der Waals surface area (Å²) in [6, 6.07) is 6.95. The van der Waals surface area contributed by atoms with Gasteiger partial charge >= 0.3 is 0 Å². The molecule has 1 aliphatic heterocycles. The van der Waals surface area contributed by atoms with Crippen molar-refractivity contribution in [3.63, 3.8) is 0 Å². The topological polar surface area (TPSA) is 29.3 Å². The maximum Gasteiger partial charge on any atom is 0.0371 e. The first-order valence-electron chi connectivity index (χ1n) is 5.98. The largest absolute Gasteiger partial charge is 0.398 e. The third-order valence-corrected chi connectivity index (χ3v) is 3.94. The number of nitrogens with two attached hydrogens (primary N) is 1. The molecule has 1 fully saturated rings. The summed E-state index contributed by atoms with van der Waals surface area (Å²) in [5, 5.41) is 0. The van der Waals surface area contributed by atoms with E-state index in [0.29, 0.717) is 0 Å². The van der Waals surface area contributed by atoms with Crippen molar-refractivity contribution in [1.82, 2.24) is 4.90 Å². The SMILES string of the molecule is CCC1CCCN1Cc1ccc(Br)cc1N. The third-order valence-electron chi connectivity index (χ3n) is 3.45. The molecule has 0 aliphatic carbocycles. The summed E-state index contributed by atoms with van der Waals surface area (Å²) in [7, 11) is 0. The normalized spacial score (nSPS) is 21.5. The highest BCUT2D eigenvalue weighted by molar-refractivity contribution is 9.10. The van der Waals surface area contributed by atoms with E-state index in [1.165, 1.54) is 31.4 Å². The molecule has 2 nitrogen and oxygen atoms in total. The first-order valence-corrected chi connectivity index (χ1v) is 6.78. The number of hydrogen-bond donors (Lipinski definition) is 1. The smallest absolute Gasteiger partial charge is 0.0371 e. The maximum atomic E-state index is 6.03. The van der Waals surface area contributed by atoms with Crippen LogP contribution in [-0.2, 0) is 6.54 Å². The average Bonchev–Trinajstić information content (AvgIpc) is 2.69. The lowest BCUT2D eigenvalue weighted by atomic mass is 10.1. The van der Waals surface area contributed by atoms with Crippen LogP contribution in [0.3, 0.4) is 0 Å². The molecule has 88 valence electrons. The summed E-state index contributed by atoms with van der Waals surface area (Å²) in [5.74, 6) is 0. The molecule has 2 N–H and O–H groups in total. The maximum absolute atomic E-state index is 6.03. The summed E-state index contributed by atoms with van der Waals surface area (Å²) < 4.78 is 1.06. The van der Waals surface area contributed by atoms with Crippen molar-refractivity contribution in [2.45, 2.75) is 38.8 Å². The highest BCUT2D eigenvalue weighted by Gasteiger charge is 2.22. The number of likely N-dealkylation sites (tertiary alicyclic amines) is 1. The minimum absolute atomic E-state index is 0.753. The van der Waals surface area contributed by atoms with Crippen molar-refractivity contribution in [2.75, 3.05) is 12.3 Å². The Balaban J connectivity index is 2.08. The highest BCUT2D eigenvalue weighted by atomic mass is 79.9. The van der Waals surface area contributed by atoms with Gasteiger partial charge in [-0.25, -0.2) is 0 Å². The van der Waals surface area contributed by atoms with Crippen LogP contribution in [0.4, 0.5) is 5.69 Å². The van der Waals surface area contributed by atoms with Gasteiger partial charge in [0.25, 0.3) is 0 Å². The molecule has 0 radical (unpaired) electrons. The molecule has 0 aromatic heterocycles. The van der Waals surface area contributed by atoms with E-state index in [9.17, 15) is 0 Å². The van der Waals surface area contributed by atoms with Crippen molar-refractivity contribution in [2.24, 2.45) is 0 Å². The van der Waals surface area contributed by atoms with Crippen molar-refractivity contribution < 1.29 is 0 Å². The van der Waals surface area contributed by atoms with Crippen molar-refractivity contribution >= 4 is 21.6 Å². The minimum atomic E-state index is 0.753. The molecule has 2 rings (SSSR count). The van der Waals surface area contributed by atoms with Crippen LogP contribution in [0.5, 0.6) is 0 Å². The molecule has 0 bridgehead atoms. The van der Waals surface area contributed by atoms with Crippen molar-refractivity contribution in [1.29, 1.82) is 0 Å². The van der Waals surface area contributed by atoms with E-state index in [-0.39, 0.29) is 0 Å². The van der Waals surface area contributed by atoms with Crippen molar-refractivity contribution in [3.05, 3.63) is 28.2 Å². The Morgan fingerprint density at radius 1 is 1.50 bits per heavy atom. The lowest BCUT2D eigenvalue weighted by Crippen LogP contribution is -2.28. The second-order valence-corrected chi connectivity index (χ2v) is 5.43. The summed E-state index contributed by atoms with van der Waals surface area (Å²) in [4.78, 5) is 2.56. The van der Waals surface area contributed by atoms with E-state index in [0.717, 1.165) is 22.7 Å². The molecule has 16 heavy (non-hydrogen) atoms. The summed E-state index contributed by atoms with van der Waals surface area (Å²) in [6.07, 6.45) is 3.91. The van der Waals surface area contributed by atoms with Gasteiger partial charge < -0.3 is 5.73 Å². The van der Waals surface area contributed by atoms with Crippen LogP contribution in [0.25, 0.3) is 0 Å². The zero-order valence-electron chi connectivity index (χ0n) is 9.75. The molecule has 1 unspecified atom stereocenters. The number of halogens is 1. The number of rotatable bonds is 3. The van der Waals surface area contributed by atoms with Crippen molar-refractivity contribution in [3.8, 4) is 0 Å². The predicted molar refractivity (Wildman–Crippen MR) is 72.3 cm³/mol. The van der Waals surface area contributed by atoms with Crippen LogP contribution in [0.15, 0.2) is 22.7 Å². The van der Waals surface area contributed by atoms with Crippen LogP contribution in [0.2, 0.25) is 0 Å². The van der Waals surface area contributed by atoms with Gasteiger partial charge in [-0.1, -0.05) is 28.9 Å².